The molecule has 0 saturated heterocycles. The van der Waals surface area contributed by atoms with Crippen LogP contribution >= 0.6 is 0 Å². The van der Waals surface area contributed by atoms with Gasteiger partial charge in [-0.2, -0.15) is 0 Å². The third-order valence-corrected chi connectivity index (χ3v) is 8.00. The van der Waals surface area contributed by atoms with Gasteiger partial charge in [0.05, 0.1) is 6.61 Å². The Morgan fingerprint density at radius 3 is 2.10 bits per heavy atom. The fourth-order valence-electron chi connectivity index (χ4n) is 5.80. The zero-order valence-corrected chi connectivity index (χ0v) is 20.5. The van der Waals surface area contributed by atoms with Gasteiger partial charge < -0.3 is 4.74 Å². The Labute approximate surface area is 193 Å². The van der Waals surface area contributed by atoms with Crippen LogP contribution in [0, 0.1) is 17.8 Å². The number of unbranched alkanes of at least 4 members (excludes halogenated alkanes) is 3. The molecule has 1 heteroatoms. The van der Waals surface area contributed by atoms with E-state index in [1.807, 2.05) is 6.92 Å². The zero-order chi connectivity index (χ0) is 21.7. The third-order valence-electron chi connectivity index (χ3n) is 8.00. The van der Waals surface area contributed by atoms with Gasteiger partial charge in [0, 0.05) is 0 Å². The van der Waals surface area contributed by atoms with Crippen molar-refractivity contribution in [3.8, 4) is 5.75 Å². The Morgan fingerprint density at radius 2 is 1.45 bits per heavy atom. The van der Waals surface area contributed by atoms with E-state index >= 15 is 0 Å². The fraction of sp³-hybridized carbons (Fsp3) is 0.733. The maximum absolute atomic E-state index is 5.55. The molecule has 2 aliphatic rings. The van der Waals surface area contributed by atoms with Gasteiger partial charge in [0.15, 0.2) is 0 Å². The van der Waals surface area contributed by atoms with E-state index in [4.69, 9.17) is 4.74 Å². The fourth-order valence-corrected chi connectivity index (χ4v) is 5.80. The molecule has 0 radical (unpaired) electrons. The molecule has 0 heterocycles. The van der Waals surface area contributed by atoms with Crippen molar-refractivity contribution in [2.45, 2.75) is 117 Å². The maximum atomic E-state index is 5.55. The lowest BCUT2D eigenvalue weighted by atomic mass is 9.76. The lowest BCUT2D eigenvalue weighted by molar-refractivity contribution is 0.234. The molecule has 0 aromatic heterocycles. The van der Waals surface area contributed by atoms with E-state index in [1.54, 1.807) is 5.57 Å². The molecule has 0 N–H and O–H groups in total. The number of hydrogen-bond acceptors (Lipinski definition) is 1. The molecule has 1 saturated carbocycles. The van der Waals surface area contributed by atoms with Crippen molar-refractivity contribution in [3.63, 3.8) is 0 Å². The van der Waals surface area contributed by atoms with Gasteiger partial charge >= 0.3 is 0 Å². The molecule has 3 rings (SSSR count). The lowest BCUT2D eigenvalue weighted by Gasteiger charge is -2.30. The van der Waals surface area contributed by atoms with E-state index in [0.717, 1.165) is 30.1 Å². The van der Waals surface area contributed by atoms with Crippen LogP contribution in [0.5, 0.6) is 5.75 Å². The molecular formula is C30H48O. The molecule has 2 aliphatic carbocycles. The molecule has 31 heavy (non-hydrogen) atoms. The van der Waals surface area contributed by atoms with Gasteiger partial charge in [0.2, 0.25) is 0 Å². The van der Waals surface area contributed by atoms with Crippen LogP contribution in [0.4, 0.5) is 0 Å². The monoisotopic (exact) mass is 424 g/mol. The van der Waals surface area contributed by atoms with Crippen molar-refractivity contribution in [2.75, 3.05) is 6.61 Å². The molecule has 1 atom stereocenters. The first-order chi connectivity index (χ1) is 15.3. The molecule has 0 amide bonds. The highest BCUT2D eigenvalue weighted by Gasteiger charge is 2.22. The predicted octanol–water partition coefficient (Wildman–Crippen LogP) is 9.30. The van der Waals surface area contributed by atoms with E-state index in [2.05, 4.69) is 37.3 Å². The van der Waals surface area contributed by atoms with E-state index < -0.39 is 0 Å². The first-order valence-corrected chi connectivity index (χ1v) is 13.7. The van der Waals surface area contributed by atoms with E-state index in [9.17, 15) is 0 Å². The van der Waals surface area contributed by atoms with E-state index in [1.165, 1.54) is 108 Å². The highest BCUT2D eigenvalue weighted by Crippen LogP contribution is 2.37. The third kappa shape index (κ3) is 9.03. The quantitative estimate of drug-likeness (QED) is 0.226. The maximum Gasteiger partial charge on any atom is 0.119 e. The van der Waals surface area contributed by atoms with Crippen molar-refractivity contribution in [1.29, 1.82) is 0 Å². The number of hydrogen-bond donors (Lipinski definition) is 0. The molecule has 1 nitrogen and oxygen atoms in total. The lowest BCUT2D eigenvalue weighted by Crippen LogP contribution is -2.16. The van der Waals surface area contributed by atoms with Crippen molar-refractivity contribution < 1.29 is 4.74 Å². The highest BCUT2D eigenvalue weighted by atomic mass is 16.5. The van der Waals surface area contributed by atoms with Gasteiger partial charge in [-0.25, -0.2) is 0 Å². The van der Waals surface area contributed by atoms with Crippen LogP contribution < -0.4 is 4.74 Å². The molecule has 174 valence electrons. The van der Waals surface area contributed by atoms with Gasteiger partial charge in [0.25, 0.3) is 0 Å². The normalized spacial score (nSPS) is 24.1. The van der Waals surface area contributed by atoms with E-state index in [-0.39, 0.29) is 0 Å². The zero-order valence-electron chi connectivity index (χ0n) is 20.5. The smallest absolute Gasteiger partial charge is 0.119 e. The molecule has 0 aliphatic heterocycles. The van der Waals surface area contributed by atoms with Crippen LogP contribution in [0.15, 0.2) is 35.9 Å². The van der Waals surface area contributed by atoms with Gasteiger partial charge in [-0.15, -0.1) is 0 Å². The predicted molar refractivity (Wildman–Crippen MR) is 135 cm³/mol. The van der Waals surface area contributed by atoms with Crippen molar-refractivity contribution in [3.05, 3.63) is 41.5 Å². The second kappa shape index (κ2) is 14.0. The van der Waals surface area contributed by atoms with Crippen LogP contribution in [0.2, 0.25) is 0 Å². The molecule has 1 aromatic rings. The summed E-state index contributed by atoms with van der Waals surface area (Å²) >= 11 is 0. The molecule has 1 aromatic carbocycles. The van der Waals surface area contributed by atoms with Gasteiger partial charge in [-0.05, 0) is 80.9 Å². The second-order valence-electron chi connectivity index (χ2n) is 10.4. The summed E-state index contributed by atoms with van der Waals surface area (Å²) in [5, 5.41) is 0. The Hall–Kier alpha value is -1.24. The van der Waals surface area contributed by atoms with Crippen LogP contribution in [0.1, 0.15) is 116 Å². The van der Waals surface area contributed by atoms with Crippen LogP contribution in [-0.4, -0.2) is 6.61 Å². The summed E-state index contributed by atoms with van der Waals surface area (Å²) in [4.78, 5) is 0. The van der Waals surface area contributed by atoms with Crippen LogP contribution in [0.25, 0.3) is 0 Å². The van der Waals surface area contributed by atoms with Crippen molar-refractivity contribution in [1.82, 2.24) is 0 Å². The standard InChI is InChI=1S/C30H48O/c1-3-5-6-7-8-25-9-11-26(12-10-25)13-14-27-15-17-28(18-16-27)19-20-29-21-23-30(24-22-29)31-4-2/h17,21-27H,3-16,18-20H2,1-2H3. The van der Waals surface area contributed by atoms with Crippen LogP contribution in [-0.2, 0) is 6.42 Å². The second-order valence-corrected chi connectivity index (χ2v) is 10.4. The molecule has 1 fully saturated rings. The average Bonchev–Trinajstić information content (AvgIpc) is 2.82. The van der Waals surface area contributed by atoms with Gasteiger partial charge in [-0.3, -0.25) is 0 Å². The number of benzene rings is 1. The van der Waals surface area contributed by atoms with Crippen molar-refractivity contribution in [2.24, 2.45) is 17.8 Å². The topological polar surface area (TPSA) is 9.23 Å². The summed E-state index contributed by atoms with van der Waals surface area (Å²) in [5.74, 6) is 4.05. The van der Waals surface area contributed by atoms with Gasteiger partial charge in [0.1, 0.15) is 5.75 Å². The number of ether oxygens (including phenoxy) is 1. The summed E-state index contributed by atoms with van der Waals surface area (Å²) in [5.41, 5.74) is 3.14. The SMILES string of the molecule is CCCCCCC1CCC(CCC2CC=C(CCc3ccc(OCC)cc3)CC2)CC1. The summed E-state index contributed by atoms with van der Waals surface area (Å²) in [6.07, 6.45) is 25.5. The van der Waals surface area contributed by atoms with E-state index in [0.29, 0.717) is 0 Å². The molecule has 0 spiro atoms. The van der Waals surface area contributed by atoms with Crippen LogP contribution in [0.3, 0.4) is 0 Å². The number of allylic oxidation sites excluding steroid dienone is 2. The largest absolute Gasteiger partial charge is 0.494 e. The number of rotatable bonds is 13. The van der Waals surface area contributed by atoms with Crippen molar-refractivity contribution >= 4 is 0 Å². The molecule has 1 unspecified atom stereocenters. The summed E-state index contributed by atoms with van der Waals surface area (Å²) in [6.45, 7) is 5.10. The Balaban J connectivity index is 1.27. The average molecular weight is 425 g/mol. The number of aryl methyl sites for hydroxylation is 1. The molecular weight excluding hydrogens is 376 g/mol. The summed E-state index contributed by atoms with van der Waals surface area (Å²) in [6, 6.07) is 8.70. The Morgan fingerprint density at radius 1 is 0.742 bits per heavy atom. The minimum absolute atomic E-state index is 0.744. The molecule has 0 bridgehead atoms. The summed E-state index contributed by atoms with van der Waals surface area (Å²) < 4.78 is 5.55. The first-order valence-electron chi connectivity index (χ1n) is 13.7. The Kier molecular flexibility index (Phi) is 11.0. The minimum Gasteiger partial charge on any atom is -0.494 e. The van der Waals surface area contributed by atoms with Gasteiger partial charge in [-0.1, -0.05) is 94.9 Å². The Bertz CT molecular complexity index is 620. The first kappa shape index (κ1) is 24.4. The minimum atomic E-state index is 0.744. The highest BCUT2D eigenvalue weighted by molar-refractivity contribution is 5.28. The summed E-state index contributed by atoms with van der Waals surface area (Å²) in [7, 11) is 0.